The molecule has 3 rings (SSSR count). The number of rotatable bonds is 8. The first-order chi connectivity index (χ1) is 13.3. The highest BCUT2D eigenvalue weighted by Crippen LogP contribution is 2.26. The van der Waals surface area contributed by atoms with Crippen LogP contribution in [0.5, 0.6) is 11.5 Å². The minimum Gasteiger partial charge on any atom is -0.490 e. The Bertz CT molecular complexity index is 820. The van der Waals surface area contributed by atoms with Crippen LogP contribution in [0.1, 0.15) is 13.8 Å². The number of hydrogen-bond acceptors (Lipinski definition) is 5. The molecule has 0 spiro atoms. The molecular formula is C22H22N2O3. The number of hydrogen-bond donors (Lipinski definition) is 0. The van der Waals surface area contributed by atoms with Crippen LogP contribution in [0, 0.1) is 0 Å². The second-order valence-corrected chi connectivity index (χ2v) is 5.72. The van der Waals surface area contributed by atoms with E-state index in [9.17, 15) is 0 Å². The maximum absolute atomic E-state index is 5.81. The van der Waals surface area contributed by atoms with E-state index in [0.29, 0.717) is 25.0 Å². The number of benzene rings is 2. The van der Waals surface area contributed by atoms with Gasteiger partial charge in [-0.05, 0) is 62.4 Å². The summed E-state index contributed by atoms with van der Waals surface area (Å²) in [5.74, 6) is 2.53. The summed E-state index contributed by atoms with van der Waals surface area (Å²) in [4.78, 5) is 0. The molecule has 0 fully saturated rings. The second-order valence-electron chi connectivity index (χ2n) is 5.72. The van der Waals surface area contributed by atoms with Crippen molar-refractivity contribution >= 4 is 0 Å². The normalized spacial score (nSPS) is 11.3. The largest absolute Gasteiger partial charge is 0.490 e. The van der Waals surface area contributed by atoms with Crippen molar-refractivity contribution in [3.8, 4) is 34.4 Å². The molecule has 1 heterocycles. The lowest BCUT2D eigenvalue weighted by Crippen LogP contribution is -1.92. The zero-order valence-electron chi connectivity index (χ0n) is 15.5. The summed E-state index contributed by atoms with van der Waals surface area (Å²) in [6.07, 6.45) is 7.81. The Labute approximate surface area is 159 Å². The molecule has 0 unspecified atom stereocenters. The van der Waals surface area contributed by atoms with E-state index in [-0.39, 0.29) is 0 Å². The third-order valence-corrected chi connectivity index (χ3v) is 3.79. The van der Waals surface area contributed by atoms with Crippen molar-refractivity contribution in [1.82, 2.24) is 10.2 Å². The zero-order chi connectivity index (χ0) is 18.9. The standard InChI is InChI=1S/C22H22N2O3/c1-3-5-15-25-19-11-7-17(8-12-19)21-23-24-22(27-21)18-9-13-20(14-10-18)26-16-6-4-2/h3-14H,15-16H2,1-2H3/b5-3+,6-4+. The fourth-order valence-electron chi connectivity index (χ4n) is 2.33. The number of allylic oxidation sites excluding steroid dienone is 2. The summed E-state index contributed by atoms with van der Waals surface area (Å²) < 4.78 is 17.0. The highest BCUT2D eigenvalue weighted by Gasteiger charge is 2.10. The van der Waals surface area contributed by atoms with Crippen LogP contribution in [-0.4, -0.2) is 23.4 Å². The lowest BCUT2D eigenvalue weighted by atomic mass is 10.2. The molecule has 0 bridgehead atoms. The third kappa shape index (κ3) is 5.07. The van der Waals surface area contributed by atoms with Gasteiger partial charge in [0, 0.05) is 11.1 Å². The van der Waals surface area contributed by atoms with Crippen molar-refractivity contribution < 1.29 is 13.9 Å². The van der Waals surface area contributed by atoms with Crippen molar-refractivity contribution in [3.63, 3.8) is 0 Å². The molecule has 0 N–H and O–H groups in total. The molecule has 0 aliphatic rings. The first-order valence-corrected chi connectivity index (χ1v) is 8.82. The van der Waals surface area contributed by atoms with Gasteiger partial charge in [0.2, 0.25) is 11.8 Å². The highest BCUT2D eigenvalue weighted by molar-refractivity contribution is 5.59. The van der Waals surface area contributed by atoms with Gasteiger partial charge in [0.05, 0.1) is 0 Å². The van der Waals surface area contributed by atoms with Crippen molar-refractivity contribution in [2.24, 2.45) is 0 Å². The quantitative estimate of drug-likeness (QED) is 0.508. The molecule has 0 atom stereocenters. The molecule has 0 aliphatic heterocycles. The minimum absolute atomic E-state index is 0.471. The topological polar surface area (TPSA) is 57.4 Å². The van der Waals surface area contributed by atoms with Crippen molar-refractivity contribution in [1.29, 1.82) is 0 Å². The molecule has 1 aromatic heterocycles. The van der Waals surface area contributed by atoms with Gasteiger partial charge in [0.15, 0.2) is 0 Å². The van der Waals surface area contributed by atoms with E-state index in [2.05, 4.69) is 10.2 Å². The van der Waals surface area contributed by atoms with Gasteiger partial charge < -0.3 is 13.9 Å². The average molecular weight is 362 g/mol. The summed E-state index contributed by atoms with van der Waals surface area (Å²) >= 11 is 0. The summed E-state index contributed by atoms with van der Waals surface area (Å²) in [5.41, 5.74) is 1.69. The van der Waals surface area contributed by atoms with Crippen LogP contribution in [0.2, 0.25) is 0 Å². The molecule has 2 aromatic carbocycles. The summed E-state index contributed by atoms with van der Waals surface area (Å²) in [5, 5.41) is 8.28. The first-order valence-electron chi connectivity index (χ1n) is 8.82. The summed E-state index contributed by atoms with van der Waals surface area (Å²) in [7, 11) is 0. The predicted molar refractivity (Wildman–Crippen MR) is 106 cm³/mol. The zero-order valence-corrected chi connectivity index (χ0v) is 15.5. The van der Waals surface area contributed by atoms with E-state index in [1.165, 1.54) is 0 Å². The van der Waals surface area contributed by atoms with E-state index >= 15 is 0 Å². The molecule has 5 nitrogen and oxygen atoms in total. The van der Waals surface area contributed by atoms with Crippen molar-refractivity contribution in [2.45, 2.75) is 13.8 Å². The fourth-order valence-corrected chi connectivity index (χ4v) is 2.33. The Balaban J connectivity index is 1.67. The second kappa shape index (κ2) is 9.38. The Kier molecular flexibility index (Phi) is 6.41. The Morgan fingerprint density at radius 2 is 1.11 bits per heavy atom. The van der Waals surface area contributed by atoms with Gasteiger partial charge >= 0.3 is 0 Å². The van der Waals surface area contributed by atoms with Crippen LogP contribution in [0.3, 0.4) is 0 Å². The summed E-state index contributed by atoms with van der Waals surface area (Å²) in [6.45, 7) is 5.03. The predicted octanol–water partition coefficient (Wildman–Crippen LogP) is 5.31. The molecule has 5 heteroatoms. The molecule has 0 saturated carbocycles. The first kappa shape index (κ1) is 18.5. The minimum atomic E-state index is 0.471. The SMILES string of the molecule is C/C=C/COc1ccc(-c2nnc(-c3ccc(OC/C=C/C)cc3)o2)cc1. The van der Waals surface area contributed by atoms with E-state index in [0.717, 1.165) is 22.6 Å². The van der Waals surface area contributed by atoms with Gasteiger partial charge in [-0.3, -0.25) is 0 Å². The summed E-state index contributed by atoms with van der Waals surface area (Å²) in [6, 6.07) is 15.2. The molecule has 0 saturated heterocycles. The average Bonchev–Trinajstić information content (AvgIpc) is 3.20. The third-order valence-electron chi connectivity index (χ3n) is 3.79. The van der Waals surface area contributed by atoms with Crippen molar-refractivity contribution in [3.05, 3.63) is 72.8 Å². The molecule has 138 valence electrons. The van der Waals surface area contributed by atoms with E-state index in [4.69, 9.17) is 13.9 Å². The van der Waals surface area contributed by atoms with Crippen LogP contribution in [0.15, 0.2) is 77.3 Å². The number of nitrogens with zero attached hydrogens (tertiary/aromatic N) is 2. The van der Waals surface area contributed by atoms with E-state index < -0.39 is 0 Å². The van der Waals surface area contributed by atoms with Crippen LogP contribution < -0.4 is 9.47 Å². The monoisotopic (exact) mass is 362 g/mol. The number of ether oxygens (including phenoxy) is 2. The molecule has 0 radical (unpaired) electrons. The Hall–Kier alpha value is -3.34. The van der Waals surface area contributed by atoms with Gasteiger partial charge in [-0.1, -0.05) is 24.3 Å². The van der Waals surface area contributed by atoms with Crippen LogP contribution in [0.25, 0.3) is 22.9 Å². The smallest absolute Gasteiger partial charge is 0.248 e. The molecule has 0 amide bonds. The lowest BCUT2D eigenvalue weighted by Gasteiger charge is -2.03. The lowest BCUT2D eigenvalue weighted by molar-refractivity contribution is 0.362. The molecular weight excluding hydrogens is 340 g/mol. The fraction of sp³-hybridized carbons (Fsp3) is 0.182. The maximum Gasteiger partial charge on any atom is 0.248 e. The highest BCUT2D eigenvalue weighted by atomic mass is 16.5. The Morgan fingerprint density at radius 1 is 0.704 bits per heavy atom. The van der Waals surface area contributed by atoms with Gasteiger partial charge in [0.1, 0.15) is 24.7 Å². The van der Waals surface area contributed by atoms with Crippen molar-refractivity contribution in [2.75, 3.05) is 13.2 Å². The van der Waals surface area contributed by atoms with Crippen LogP contribution >= 0.6 is 0 Å². The van der Waals surface area contributed by atoms with Gasteiger partial charge in [-0.15, -0.1) is 10.2 Å². The molecule has 27 heavy (non-hydrogen) atoms. The molecule has 3 aromatic rings. The van der Waals surface area contributed by atoms with Gasteiger partial charge in [0.25, 0.3) is 0 Å². The molecule has 0 aliphatic carbocycles. The van der Waals surface area contributed by atoms with Gasteiger partial charge in [-0.25, -0.2) is 0 Å². The van der Waals surface area contributed by atoms with Crippen LogP contribution in [0.4, 0.5) is 0 Å². The van der Waals surface area contributed by atoms with E-state index in [1.54, 1.807) is 0 Å². The maximum atomic E-state index is 5.81. The Morgan fingerprint density at radius 3 is 1.48 bits per heavy atom. The van der Waals surface area contributed by atoms with E-state index in [1.807, 2.05) is 86.7 Å². The van der Waals surface area contributed by atoms with Gasteiger partial charge in [-0.2, -0.15) is 0 Å². The number of aromatic nitrogens is 2. The van der Waals surface area contributed by atoms with Crippen LogP contribution in [-0.2, 0) is 0 Å².